The number of alkyl halides is 1. The summed E-state index contributed by atoms with van der Waals surface area (Å²) >= 11 is 3.41. The van der Waals surface area contributed by atoms with Gasteiger partial charge in [-0.25, -0.2) is 0 Å². The van der Waals surface area contributed by atoms with E-state index in [4.69, 9.17) is 0 Å². The fourth-order valence-corrected chi connectivity index (χ4v) is 2.12. The van der Waals surface area contributed by atoms with Crippen LogP contribution in [0.15, 0.2) is 24.3 Å². The van der Waals surface area contributed by atoms with Crippen molar-refractivity contribution >= 4 is 27.5 Å². The summed E-state index contributed by atoms with van der Waals surface area (Å²) in [6.45, 7) is 0. The lowest BCUT2D eigenvalue weighted by Crippen LogP contribution is -2.11. The number of amides is 1. The summed E-state index contributed by atoms with van der Waals surface area (Å²) in [4.78, 5) is 11.6. The standard InChI is InChI=1S/C13H16BrNO/c14-8-7-10-3-5-12(6-4-10)15-13(16)9-11-1-2-11/h3-6,11H,1-2,7-9H2,(H,15,16). The maximum atomic E-state index is 11.6. The predicted octanol–water partition coefficient (Wildman–Crippen LogP) is 3.36. The van der Waals surface area contributed by atoms with E-state index in [1.807, 2.05) is 12.1 Å². The number of hydrogen-bond donors (Lipinski definition) is 1. The molecule has 2 nitrogen and oxygen atoms in total. The number of benzene rings is 1. The van der Waals surface area contributed by atoms with Crippen LogP contribution in [0.4, 0.5) is 5.69 Å². The topological polar surface area (TPSA) is 29.1 Å². The van der Waals surface area contributed by atoms with Crippen molar-refractivity contribution in [2.75, 3.05) is 10.6 Å². The lowest BCUT2D eigenvalue weighted by Gasteiger charge is -2.05. The Hall–Kier alpha value is -0.830. The van der Waals surface area contributed by atoms with Crippen molar-refractivity contribution in [1.82, 2.24) is 0 Å². The zero-order valence-corrected chi connectivity index (χ0v) is 10.8. The molecule has 1 aliphatic carbocycles. The van der Waals surface area contributed by atoms with Gasteiger partial charge in [0.25, 0.3) is 0 Å². The number of anilines is 1. The molecular formula is C13H16BrNO. The van der Waals surface area contributed by atoms with E-state index in [9.17, 15) is 4.79 Å². The smallest absolute Gasteiger partial charge is 0.224 e. The number of carbonyl (C=O) groups excluding carboxylic acids is 1. The summed E-state index contributed by atoms with van der Waals surface area (Å²) in [5.74, 6) is 0.795. The third kappa shape index (κ3) is 3.63. The Balaban J connectivity index is 1.85. The lowest BCUT2D eigenvalue weighted by molar-refractivity contribution is -0.116. The van der Waals surface area contributed by atoms with Gasteiger partial charge < -0.3 is 5.32 Å². The Morgan fingerprint density at radius 2 is 2.00 bits per heavy atom. The molecule has 0 heterocycles. The summed E-state index contributed by atoms with van der Waals surface area (Å²) in [5.41, 5.74) is 2.20. The summed E-state index contributed by atoms with van der Waals surface area (Å²) in [5, 5.41) is 3.90. The van der Waals surface area contributed by atoms with Crippen LogP contribution in [-0.4, -0.2) is 11.2 Å². The van der Waals surface area contributed by atoms with Crippen molar-refractivity contribution in [3.05, 3.63) is 29.8 Å². The highest BCUT2D eigenvalue weighted by atomic mass is 79.9. The molecule has 1 saturated carbocycles. The van der Waals surface area contributed by atoms with E-state index in [0.29, 0.717) is 12.3 Å². The predicted molar refractivity (Wildman–Crippen MR) is 69.9 cm³/mol. The largest absolute Gasteiger partial charge is 0.326 e. The first-order valence-corrected chi connectivity index (χ1v) is 6.85. The first-order chi connectivity index (χ1) is 7.78. The van der Waals surface area contributed by atoms with Crippen molar-refractivity contribution in [2.45, 2.75) is 25.7 Å². The highest BCUT2D eigenvalue weighted by Crippen LogP contribution is 2.32. The maximum Gasteiger partial charge on any atom is 0.224 e. The monoisotopic (exact) mass is 281 g/mol. The third-order valence-electron chi connectivity index (χ3n) is 2.79. The number of nitrogens with one attached hydrogen (secondary N) is 1. The molecule has 1 aromatic rings. The van der Waals surface area contributed by atoms with Crippen molar-refractivity contribution in [2.24, 2.45) is 5.92 Å². The molecule has 1 amide bonds. The van der Waals surface area contributed by atoms with E-state index >= 15 is 0 Å². The van der Waals surface area contributed by atoms with Gasteiger partial charge in [-0.3, -0.25) is 4.79 Å². The first-order valence-electron chi connectivity index (χ1n) is 5.72. The summed E-state index contributed by atoms with van der Waals surface area (Å²) in [6.07, 6.45) is 4.15. The van der Waals surface area contributed by atoms with Crippen LogP contribution in [-0.2, 0) is 11.2 Å². The molecule has 0 radical (unpaired) electrons. The minimum Gasteiger partial charge on any atom is -0.326 e. The van der Waals surface area contributed by atoms with E-state index in [2.05, 4.69) is 33.4 Å². The van der Waals surface area contributed by atoms with Gasteiger partial charge in [-0.1, -0.05) is 28.1 Å². The van der Waals surface area contributed by atoms with Crippen LogP contribution in [0.1, 0.15) is 24.8 Å². The molecule has 0 unspecified atom stereocenters. The van der Waals surface area contributed by atoms with Crippen LogP contribution < -0.4 is 5.32 Å². The van der Waals surface area contributed by atoms with Gasteiger partial charge in [-0.2, -0.15) is 0 Å². The average molecular weight is 282 g/mol. The van der Waals surface area contributed by atoms with Gasteiger partial charge in [0.15, 0.2) is 0 Å². The zero-order valence-electron chi connectivity index (χ0n) is 9.21. The lowest BCUT2D eigenvalue weighted by atomic mass is 10.1. The van der Waals surface area contributed by atoms with Crippen LogP contribution in [0.3, 0.4) is 0 Å². The molecule has 86 valence electrons. The molecule has 1 aromatic carbocycles. The molecule has 0 aliphatic heterocycles. The number of rotatable bonds is 5. The number of hydrogen-bond acceptors (Lipinski definition) is 1. The highest BCUT2D eigenvalue weighted by Gasteiger charge is 2.24. The second-order valence-electron chi connectivity index (χ2n) is 4.33. The van der Waals surface area contributed by atoms with Crippen molar-refractivity contribution in [3.63, 3.8) is 0 Å². The molecule has 0 atom stereocenters. The quantitative estimate of drug-likeness (QED) is 0.824. The van der Waals surface area contributed by atoms with Gasteiger partial charge in [-0.15, -0.1) is 0 Å². The first kappa shape index (κ1) is 11.6. The second kappa shape index (κ2) is 5.48. The van der Waals surface area contributed by atoms with Crippen LogP contribution in [0.5, 0.6) is 0 Å². The Labute approximate surface area is 105 Å². The minimum atomic E-state index is 0.149. The van der Waals surface area contributed by atoms with Crippen molar-refractivity contribution < 1.29 is 4.79 Å². The molecule has 1 aliphatic rings. The molecule has 0 aromatic heterocycles. The number of halogens is 1. The molecule has 1 N–H and O–H groups in total. The third-order valence-corrected chi connectivity index (χ3v) is 3.19. The average Bonchev–Trinajstić information content (AvgIpc) is 3.05. The van der Waals surface area contributed by atoms with Crippen LogP contribution >= 0.6 is 15.9 Å². The fraction of sp³-hybridized carbons (Fsp3) is 0.462. The zero-order chi connectivity index (χ0) is 11.4. The van der Waals surface area contributed by atoms with Gasteiger partial charge in [0, 0.05) is 17.4 Å². The molecule has 0 saturated heterocycles. The Morgan fingerprint density at radius 1 is 1.31 bits per heavy atom. The van der Waals surface area contributed by atoms with E-state index in [0.717, 1.165) is 17.4 Å². The van der Waals surface area contributed by atoms with E-state index in [1.165, 1.54) is 18.4 Å². The molecule has 1 fully saturated rings. The molecule has 16 heavy (non-hydrogen) atoms. The minimum absolute atomic E-state index is 0.149. The molecule has 0 spiro atoms. The maximum absolute atomic E-state index is 11.6. The number of carbonyl (C=O) groups is 1. The Morgan fingerprint density at radius 3 is 2.56 bits per heavy atom. The van der Waals surface area contributed by atoms with Crippen LogP contribution in [0.25, 0.3) is 0 Å². The normalized spacial score (nSPS) is 14.8. The highest BCUT2D eigenvalue weighted by molar-refractivity contribution is 9.09. The van der Waals surface area contributed by atoms with E-state index in [1.54, 1.807) is 0 Å². The SMILES string of the molecule is O=C(CC1CC1)Nc1ccc(CCBr)cc1. The van der Waals surface area contributed by atoms with Crippen LogP contribution in [0, 0.1) is 5.92 Å². The van der Waals surface area contributed by atoms with Gasteiger partial charge >= 0.3 is 0 Å². The molecular weight excluding hydrogens is 266 g/mol. The Kier molecular flexibility index (Phi) is 3.99. The van der Waals surface area contributed by atoms with Gasteiger partial charge in [0.05, 0.1) is 0 Å². The fourth-order valence-electron chi connectivity index (χ4n) is 1.66. The van der Waals surface area contributed by atoms with Crippen molar-refractivity contribution in [1.29, 1.82) is 0 Å². The van der Waals surface area contributed by atoms with Gasteiger partial charge in [0.2, 0.25) is 5.91 Å². The van der Waals surface area contributed by atoms with Gasteiger partial charge in [0.1, 0.15) is 0 Å². The second-order valence-corrected chi connectivity index (χ2v) is 5.12. The van der Waals surface area contributed by atoms with E-state index < -0.39 is 0 Å². The Bertz CT molecular complexity index is 357. The molecule has 2 rings (SSSR count). The summed E-state index contributed by atoms with van der Waals surface area (Å²) < 4.78 is 0. The molecule has 3 heteroatoms. The summed E-state index contributed by atoms with van der Waals surface area (Å²) in [6, 6.07) is 8.08. The van der Waals surface area contributed by atoms with Crippen LogP contribution in [0.2, 0.25) is 0 Å². The van der Waals surface area contributed by atoms with Gasteiger partial charge in [-0.05, 0) is 42.9 Å². The van der Waals surface area contributed by atoms with Crippen molar-refractivity contribution in [3.8, 4) is 0 Å². The number of aryl methyl sites for hydroxylation is 1. The summed E-state index contributed by atoms with van der Waals surface area (Å²) in [7, 11) is 0. The van der Waals surface area contributed by atoms with E-state index in [-0.39, 0.29) is 5.91 Å². The molecule has 0 bridgehead atoms.